The monoisotopic (exact) mass is 197 g/mol. The van der Waals surface area contributed by atoms with Crippen LogP contribution in [-0.4, -0.2) is 23.2 Å². The summed E-state index contributed by atoms with van der Waals surface area (Å²) in [5.41, 5.74) is 0. The first kappa shape index (κ1) is 11.2. The minimum atomic E-state index is -0.710. The molecule has 3 heteroatoms. The van der Waals surface area contributed by atoms with Crippen molar-refractivity contribution in [2.45, 2.75) is 50.6 Å². The van der Waals surface area contributed by atoms with Crippen LogP contribution >= 0.6 is 0 Å². The second-order valence-corrected chi connectivity index (χ2v) is 3.90. The van der Waals surface area contributed by atoms with Crippen LogP contribution in [0.15, 0.2) is 12.7 Å². The van der Waals surface area contributed by atoms with Crippen LogP contribution in [0, 0.1) is 0 Å². The lowest BCUT2D eigenvalue weighted by Crippen LogP contribution is -2.46. The third kappa shape index (κ3) is 3.50. The number of carboxylic acid groups (broad SMARTS) is 1. The predicted molar refractivity (Wildman–Crippen MR) is 56.2 cm³/mol. The Balaban J connectivity index is 2.25. The first-order valence-corrected chi connectivity index (χ1v) is 5.33. The molecule has 0 aliphatic carbocycles. The summed E-state index contributed by atoms with van der Waals surface area (Å²) in [6.07, 6.45) is 8.02. The Kier molecular flexibility index (Phi) is 4.66. The molecule has 0 bridgehead atoms. The van der Waals surface area contributed by atoms with Gasteiger partial charge in [-0.15, -0.1) is 6.58 Å². The van der Waals surface area contributed by atoms with Crippen LogP contribution in [0.2, 0.25) is 0 Å². The Morgan fingerprint density at radius 3 is 3.00 bits per heavy atom. The highest BCUT2D eigenvalue weighted by Gasteiger charge is 2.25. The summed E-state index contributed by atoms with van der Waals surface area (Å²) >= 11 is 0. The standard InChI is InChI=1S/C11H19NO2/c1-2-3-4-6-9-7-5-8-10(12-9)11(13)14/h2,9-10,12H,1,3-8H2,(H,13,14). The third-order valence-corrected chi connectivity index (χ3v) is 2.74. The maximum absolute atomic E-state index is 10.8. The number of carbonyl (C=O) groups is 1. The fraction of sp³-hybridized carbons (Fsp3) is 0.727. The van der Waals surface area contributed by atoms with Gasteiger partial charge in [0, 0.05) is 6.04 Å². The van der Waals surface area contributed by atoms with Crippen molar-refractivity contribution in [1.29, 1.82) is 0 Å². The van der Waals surface area contributed by atoms with E-state index in [1.54, 1.807) is 0 Å². The first-order valence-electron chi connectivity index (χ1n) is 5.33. The molecular weight excluding hydrogens is 178 g/mol. The molecule has 2 N–H and O–H groups in total. The summed E-state index contributed by atoms with van der Waals surface area (Å²) in [5.74, 6) is -0.710. The second kappa shape index (κ2) is 5.81. The van der Waals surface area contributed by atoms with E-state index >= 15 is 0 Å². The maximum atomic E-state index is 10.8. The largest absolute Gasteiger partial charge is 0.480 e. The average molecular weight is 197 g/mol. The molecular formula is C11H19NO2. The topological polar surface area (TPSA) is 49.3 Å². The molecule has 2 unspecified atom stereocenters. The fourth-order valence-corrected chi connectivity index (χ4v) is 1.95. The van der Waals surface area contributed by atoms with Crippen LogP contribution in [0.5, 0.6) is 0 Å². The lowest BCUT2D eigenvalue weighted by molar-refractivity contribution is -0.140. The van der Waals surface area contributed by atoms with Gasteiger partial charge >= 0.3 is 5.97 Å². The molecule has 0 aromatic rings. The lowest BCUT2D eigenvalue weighted by atomic mass is 9.95. The highest BCUT2D eigenvalue weighted by molar-refractivity contribution is 5.73. The molecule has 1 rings (SSSR count). The van der Waals surface area contributed by atoms with E-state index in [0.717, 1.165) is 38.5 Å². The second-order valence-electron chi connectivity index (χ2n) is 3.90. The van der Waals surface area contributed by atoms with Crippen molar-refractivity contribution in [2.24, 2.45) is 0 Å². The average Bonchev–Trinajstić information content (AvgIpc) is 2.19. The number of piperidine rings is 1. The van der Waals surface area contributed by atoms with Crippen molar-refractivity contribution in [3.05, 3.63) is 12.7 Å². The quantitative estimate of drug-likeness (QED) is 0.523. The van der Waals surface area contributed by atoms with Gasteiger partial charge in [0.2, 0.25) is 0 Å². The van der Waals surface area contributed by atoms with Crippen molar-refractivity contribution in [3.8, 4) is 0 Å². The van der Waals surface area contributed by atoms with E-state index in [0.29, 0.717) is 6.04 Å². The van der Waals surface area contributed by atoms with Crippen LogP contribution in [0.4, 0.5) is 0 Å². The van der Waals surface area contributed by atoms with Gasteiger partial charge in [-0.2, -0.15) is 0 Å². The molecule has 80 valence electrons. The van der Waals surface area contributed by atoms with Crippen LogP contribution < -0.4 is 5.32 Å². The van der Waals surface area contributed by atoms with E-state index in [-0.39, 0.29) is 6.04 Å². The smallest absolute Gasteiger partial charge is 0.320 e. The number of rotatable bonds is 5. The Labute approximate surface area is 85.2 Å². The van der Waals surface area contributed by atoms with Gasteiger partial charge in [0.25, 0.3) is 0 Å². The van der Waals surface area contributed by atoms with Crippen molar-refractivity contribution in [3.63, 3.8) is 0 Å². The molecule has 1 aliphatic rings. The number of carboxylic acids is 1. The van der Waals surface area contributed by atoms with E-state index in [1.807, 2.05) is 6.08 Å². The lowest BCUT2D eigenvalue weighted by Gasteiger charge is -2.28. The van der Waals surface area contributed by atoms with Gasteiger partial charge in [-0.25, -0.2) is 0 Å². The van der Waals surface area contributed by atoms with Crippen molar-refractivity contribution >= 4 is 5.97 Å². The molecule has 0 spiro atoms. The molecule has 2 atom stereocenters. The van der Waals surface area contributed by atoms with Crippen LogP contribution in [0.1, 0.15) is 38.5 Å². The van der Waals surface area contributed by atoms with Crippen LogP contribution in [0.3, 0.4) is 0 Å². The summed E-state index contributed by atoms with van der Waals surface area (Å²) in [6, 6.07) is 0.0716. The number of hydrogen-bond donors (Lipinski definition) is 2. The highest BCUT2D eigenvalue weighted by Crippen LogP contribution is 2.17. The van der Waals surface area contributed by atoms with Crippen LogP contribution in [-0.2, 0) is 4.79 Å². The van der Waals surface area contributed by atoms with E-state index in [9.17, 15) is 4.79 Å². The fourth-order valence-electron chi connectivity index (χ4n) is 1.95. The van der Waals surface area contributed by atoms with Gasteiger partial charge in [0.1, 0.15) is 6.04 Å². The molecule has 3 nitrogen and oxygen atoms in total. The zero-order valence-electron chi connectivity index (χ0n) is 8.54. The Morgan fingerprint density at radius 1 is 1.57 bits per heavy atom. The summed E-state index contributed by atoms with van der Waals surface area (Å²) in [5, 5.41) is 12.0. The minimum absolute atomic E-state index is 0.322. The minimum Gasteiger partial charge on any atom is -0.480 e. The van der Waals surface area contributed by atoms with Gasteiger partial charge in [0.15, 0.2) is 0 Å². The maximum Gasteiger partial charge on any atom is 0.320 e. The Morgan fingerprint density at radius 2 is 2.36 bits per heavy atom. The van der Waals surface area contributed by atoms with Crippen molar-refractivity contribution < 1.29 is 9.90 Å². The van der Waals surface area contributed by atoms with Crippen molar-refractivity contribution in [1.82, 2.24) is 5.32 Å². The van der Waals surface area contributed by atoms with E-state index in [1.165, 1.54) is 0 Å². The molecule has 0 radical (unpaired) electrons. The number of aliphatic carboxylic acids is 1. The SMILES string of the molecule is C=CCCCC1CCCC(C(=O)O)N1. The number of allylic oxidation sites excluding steroid dienone is 1. The number of hydrogen-bond acceptors (Lipinski definition) is 2. The molecule has 0 aromatic carbocycles. The van der Waals surface area contributed by atoms with Crippen molar-refractivity contribution in [2.75, 3.05) is 0 Å². The van der Waals surface area contributed by atoms with Gasteiger partial charge in [-0.3, -0.25) is 4.79 Å². The molecule has 1 heterocycles. The normalized spacial score (nSPS) is 27.1. The highest BCUT2D eigenvalue weighted by atomic mass is 16.4. The molecule has 1 saturated heterocycles. The van der Waals surface area contributed by atoms with Gasteiger partial charge < -0.3 is 10.4 Å². The zero-order valence-corrected chi connectivity index (χ0v) is 8.54. The zero-order chi connectivity index (χ0) is 10.4. The summed E-state index contributed by atoms with van der Waals surface area (Å²) in [4.78, 5) is 10.8. The number of unbranched alkanes of at least 4 members (excludes halogenated alkanes) is 1. The van der Waals surface area contributed by atoms with E-state index in [4.69, 9.17) is 5.11 Å². The summed E-state index contributed by atoms with van der Waals surface area (Å²) < 4.78 is 0. The molecule has 14 heavy (non-hydrogen) atoms. The summed E-state index contributed by atoms with van der Waals surface area (Å²) in [6.45, 7) is 3.67. The van der Waals surface area contributed by atoms with E-state index < -0.39 is 5.97 Å². The first-order chi connectivity index (χ1) is 6.74. The van der Waals surface area contributed by atoms with Gasteiger partial charge in [-0.05, 0) is 38.5 Å². The Bertz CT molecular complexity index is 203. The third-order valence-electron chi connectivity index (χ3n) is 2.74. The predicted octanol–water partition coefficient (Wildman–Crippen LogP) is 1.94. The van der Waals surface area contributed by atoms with E-state index in [2.05, 4.69) is 11.9 Å². The number of nitrogens with one attached hydrogen (secondary N) is 1. The van der Waals surface area contributed by atoms with Gasteiger partial charge in [0.05, 0.1) is 0 Å². The summed E-state index contributed by atoms with van der Waals surface area (Å²) in [7, 11) is 0. The molecule has 1 fully saturated rings. The molecule has 0 amide bonds. The Hall–Kier alpha value is -0.830. The molecule has 0 saturated carbocycles. The van der Waals surface area contributed by atoms with Gasteiger partial charge in [-0.1, -0.05) is 6.08 Å². The molecule has 1 aliphatic heterocycles. The molecule has 0 aromatic heterocycles. The van der Waals surface area contributed by atoms with Crippen LogP contribution in [0.25, 0.3) is 0 Å².